The molecule has 2 aromatic heterocycles. The molecule has 0 aliphatic heterocycles. The van der Waals surface area contributed by atoms with E-state index < -0.39 is 0 Å². The van der Waals surface area contributed by atoms with E-state index in [9.17, 15) is 0 Å². The van der Waals surface area contributed by atoms with Crippen molar-refractivity contribution in [1.29, 1.82) is 5.26 Å². The fraction of sp³-hybridized carbons (Fsp3) is 0. The summed E-state index contributed by atoms with van der Waals surface area (Å²) < 4.78 is 0. The molecule has 1 N–H and O–H groups in total. The highest BCUT2D eigenvalue weighted by molar-refractivity contribution is 6.30. The molecule has 5 nitrogen and oxygen atoms in total. The first-order valence-electron chi connectivity index (χ1n) is 5.81. The Kier molecular flexibility index (Phi) is 3.15. The highest BCUT2D eigenvalue weighted by Gasteiger charge is 2.10. The highest BCUT2D eigenvalue weighted by atomic mass is 35.5. The average Bonchev–Trinajstić information content (AvgIpc) is 2.97. The van der Waals surface area contributed by atoms with E-state index in [4.69, 9.17) is 16.9 Å². The second-order valence-corrected chi connectivity index (χ2v) is 4.51. The van der Waals surface area contributed by atoms with Crippen LogP contribution in [0.1, 0.15) is 5.69 Å². The van der Waals surface area contributed by atoms with Gasteiger partial charge in [0.05, 0.1) is 5.69 Å². The average molecular weight is 282 g/mol. The third-order valence-corrected chi connectivity index (χ3v) is 3.08. The molecule has 0 spiro atoms. The van der Waals surface area contributed by atoms with Crippen LogP contribution in [0.2, 0.25) is 5.02 Å². The summed E-state index contributed by atoms with van der Waals surface area (Å²) in [6.45, 7) is 0. The topological polar surface area (TPSA) is 78.2 Å². The lowest BCUT2D eigenvalue weighted by molar-refractivity contribution is 0.937. The maximum absolute atomic E-state index is 8.92. The minimum Gasteiger partial charge on any atom is -0.256 e. The van der Waals surface area contributed by atoms with Gasteiger partial charge in [-0.15, -0.1) is 5.10 Å². The van der Waals surface area contributed by atoms with E-state index >= 15 is 0 Å². The van der Waals surface area contributed by atoms with Crippen LogP contribution in [0.4, 0.5) is 0 Å². The van der Waals surface area contributed by atoms with Crippen LogP contribution < -0.4 is 0 Å². The highest BCUT2D eigenvalue weighted by Crippen LogP contribution is 2.23. The predicted octanol–water partition coefficient (Wildman–Crippen LogP) is 3.06. The molecule has 96 valence electrons. The minimum atomic E-state index is 0.256. The van der Waals surface area contributed by atoms with E-state index in [0.717, 1.165) is 16.8 Å². The van der Waals surface area contributed by atoms with Gasteiger partial charge in [-0.2, -0.15) is 15.6 Å². The molecule has 0 atom stereocenters. The van der Waals surface area contributed by atoms with E-state index in [0.29, 0.717) is 10.7 Å². The van der Waals surface area contributed by atoms with Crippen LogP contribution in [0, 0.1) is 11.3 Å². The number of benzene rings is 1. The summed E-state index contributed by atoms with van der Waals surface area (Å²) in [6, 6.07) is 13.1. The quantitative estimate of drug-likeness (QED) is 0.783. The SMILES string of the molecule is N#Cc1n[nH]nc1-c1ccc(-c2ccc(Cl)cc2)nc1. The van der Waals surface area contributed by atoms with Gasteiger partial charge < -0.3 is 0 Å². The Morgan fingerprint density at radius 2 is 1.75 bits per heavy atom. The van der Waals surface area contributed by atoms with Gasteiger partial charge in [-0.3, -0.25) is 4.98 Å². The monoisotopic (exact) mass is 281 g/mol. The van der Waals surface area contributed by atoms with Gasteiger partial charge in [0.15, 0.2) is 5.69 Å². The number of pyridine rings is 1. The van der Waals surface area contributed by atoms with E-state index in [1.54, 1.807) is 6.20 Å². The van der Waals surface area contributed by atoms with Gasteiger partial charge in [0.2, 0.25) is 0 Å². The van der Waals surface area contributed by atoms with E-state index in [1.807, 2.05) is 42.5 Å². The predicted molar refractivity (Wildman–Crippen MR) is 74.8 cm³/mol. The normalized spacial score (nSPS) is 10.2. The van der Waals surface area contributed by atoms with Crippen molar-refractivity contribution in [3.8, 4) is 28.6 Å². The van der Waals surface area contributed by atoms with Crippen LogP contribution in [0.3, 0.4) is 0 Å². The van der Waals surface area contributed by atoms with Crippen molar-refractivity contribution >= 4 is 11.6 Å². The van der Waals surface area contributed by atoms with E-state index in [1.165, 1.54) is 0 Å². The molecule has 1 aromatic carbocycles. The standard InChI is InChI=1S/C14H8ClN5/c15-11-4-1-9(2-5-11)12-6-3-10(8-17-12)14-13(7-16)18-20-19-14/h1-6,8H,(H,18,19,20). The van der Waals surface area contributed by atoms with Gasteiger partial charge >= 0.3 is 0 Å². The van der Waals surface area contributed by atoms with Gasteiger partial charge in [0, 0.05) is 22.3 Å². The maximum atomic E-state index is 8.92. The largest absolute Gasteiger partial charge is 0.256 e. The first-order chi connectivity index (χ1) is 9.78. The molecular weight excluding hydrogens is 274 g/mol. The zero-order chi connectivity index (χ0) is 13.9. The van der Waals surface area contributed by atoms with Crippen molar-refractivity contribution in [2.24, 2.45) is 0 Å². The Hall–Kier alpha value is -2.71. The fourth-order valence-electron chi connectivity index (χ4n) is 1.84. The molecule has 20 heavy (non-hydrogen) atoms. The molecule has 3 aromatic rings. The van der Waals surface area contributed by atoms with Crippen LogP contribution >= 0.6 is 11.6 Å². The second-order valence-electron chi connectivity index (χ2n) is 4.07. The number of aromatic nitrogens is 4. The summed E-state index contributed by atoms with van der Waals surface area (Å²) in [5.74, 6) is 0. The van der Waals surface area contributed by atoms with Crippen molar-refractivity contribution in [2.45, 2.75) is 0 Å². The number of aromatic amines is 1. The first-order valence-corrected chi connectivity index (χ1v) is 6.19. The molecule has 0 amide bonds. The Labute approximate surface area is 119 Å². The summed E-state index contributed by atoms with van der Waals surface area (Å²) >= 11 is 5.86. The summed E-state index contributed by atoms with van der Waals surface area (Å²) in [6.07, 6.45) is 1.67. The lowest BCUT2D eigenvalue weighted by Gasteiger charge is -2.02. The smallest absolute Gasteiger partial charge is 0.190 e. The lowest BCUT2D eigenvalue weighted by Crippen LogP contribution is -1.87. The Bertz CT molecular complexity index is 769. The summed E-state index contributed by atoms with van der Waals surface area (Å²) in [4.78, 5) is 4.38. The molecule has 0 bridgehead atoms. The van der Waals surface area contributed by atoms with E-state index in [-0.39, 0.29) is 5.69 Å². The number of rotatable bonds is 2. The zero-order valence-corrected chi connectivity index (χ0v) is 11.0. The molecule has 0 aliphatic rings. The Morgan fingerprint density at radius 1 is 1.00 bits per heavy atom. The number of nitriles is 1. The summed E-state index contributed by atoms with van der Waals surface area (Å²) in [7, 11) is 0. The van der Waals surface area contributed by atoms with Gasteiger partial charge in [0.1, 0.15) is 11.8 Å². The molecule has 0 fully saturated rings. The van der Waals surface area contributed by atoms with Crippen LogP contribution in [-0.4, -0.2) is 20.4 Å². The molecule has 2 heterocycles. The first kappa shape index (κ1) is 12.3. The van der Waals surface area contributed by atoms with Gasteiger partial charge in [-0.1, -0.05) is 23.7 Å². The number of halogens is 1. The van der Waals surface area contributed by atoms with Crippen LogP contribution in [0.5, 0.6) is 0 Å². The molecule has 3 rings (SSSR count). The minimum absolute atomic E-state index is 0.256. The van der Waals surface area contributed by atoms with Gasteiger partial charge in [0.25, 0.3) is 0 Å². The molecule has 0 saturated carbocycles. The van der Waals surface area contributed by atoms with Crippen molar-refractivity contribution < 1.29 is 0 Å². The molecule has 0 unspecified atom stereocenters. The lowest BCUT2D eigenvalue weighted by atomic mass is 10.1. The molecule has 0 radical (unpaired) electrons. The van der Waals surface area contributed by atoms with Gasteiger partial charge in [-0.05, 0) is 24.3 Å². The third kappa shape index (κ3) is 2.25. The number of hydrogen-bond donors (Lipinski definition) is 1. The second kappa shape index (κ2) is 5.11. The Morgan fingerprint density at radius 3 is 2.40 bits per heavy atom. The number of H-pyrrole nitrogens is 1. The van der Waals surface area contributed by atoms with Gasteiger partial charge in [-0.25, -0.2) is 0 Å². The van der Waals surface area contributed by atoms with Crippen molar-refractivity contribution in [2.75, 3.05) is 0 Å². The third-order valence-electron chi connectivity index (χ3n) is 2.83. The summed E-state index contributed by atoms with van der Waals surface area (Å²) in [5, 5.41) is 19.8. The van der Waals surface area contributed by atoms with Crippen LogP contribution in [-0.2, 0) is 0 Å². The number of hydrogen-bond acceptors (Lipinski definition) is 4. The molecule has 0 saturated heterocycles. The molecule has 6 heteroatoms. The van der Waals surface area contributed by atoms with Crippen LogP contribution in [0.25, 0.3) is 22.5 Å². The maximum Gasteiger partial charge on any atom is 0.190 e. The van der Waals surface area contributed by atoms with Crippen molar-refractivity contribution in [1.82, 2.24) is 20.4 Å². The van der Waals surface area contributed by atoms with E-state index in [2.05, 4.69) is 20.4 Å². The Balaban J connectivity index is 1.96. The van der Waals surface area contributed by atoms with Crippen LogP contribution in [0.15, 0.2) is 42.6 Å². The van der Waals surface area contributed by atoms with Crippen molar-refractivity contribution in [3.63, 3.8) is 0 Å². The molecular formula is C14H8ClN5. The number of nitrogens with one attached hydrogen (secondary N) is 1. The summed E-state index contributed by atoms with van der Waals surface area (Å²) in [5.41, 5.74) is 3.30. The van der Waals surface area contributed by atoms with Crippen molar-refractivity contribution in [3.05, 3.63) is 53.3 Å². The fourth-order valence-corrected chi connectivity index (χ4v) is 1.96. The zero-order valence-electron chi connectivity index (χ0n) is 10.2. The number of nitrogens with zero attached hydrogens (tertiary/aromatic N) is 4. The molecule has 0 aliphatic carbocycles.